The van der Waals surface area contributed by atoms with E-state index in [4.69, 9.17) is 11.6 Å². The minimum atomic E-state index is -0.0382. The number of aryl methyl sites for hydroxylation is 1. The molecule has 0 spiro atoms. The monoisotopic (exact) mass is 360 g/mol. The van der Waals surface area contributed by atoms with Gasteiger partial charge >= 0.3 is 0 Å². The second-order valence-corrected chi connectivity index (χ2v) is 6.43. The van der Waals surface area contributed by atoms with E-state index in [2.05, 4.69) is 29.1 Å². The molecule has 0 atom stereocenters. The van der Waals surface area contributed by atoms with Gasteiger partial charge < -0.3 is 10.2 Å². The number of rotatable bonds is 8. The molecular weight excluding hydrogens is 336 g/mol. The van der Waals surface area contributed by atoms with Gasteiger partial charge in [0.05, 0.1) is 0 Å². The minimum Gasteiger partial charge on any atom is -0.350 e. The fourth-order valence-corrected chi connectivity index (χ4v) is 2.68. The van der Waals surface area contributed by atoms with Crippen molar-refractivity contribution in [2.24, 2.45) is 0 Å². The summed E-state index contributed by atoms with van der Waals surface area (Å²) in [6.07, 6.45) is 1.86. The van der Waals surface area contributed by atoms with Crippen LogP contribution in [0, 0.1) is 6.92 Å². The van der Waals surface area contributed by atoms with Gasteiger partial charge in [-0.3, -0.25) is 4.79 Å². The first-order valence-electron chi connectivity index (χ1n) is 8.66. The molecule has 1 aromatic heterocycles. The van der Waals surface area contributed by atoms with Gasteiger partial charge in [0.2, 0.25) is 5.95 Å². The Kier molecular flexibility index (Phi) is 7.19. The highest BCUT2D eigenvalue weighted by Crippen LogP contribution is 2.12. The van der Waals surface area contributed by atoms with Crippen LogP contribution in [0.4, 0.5) is 5.95 Å². The number of nitrogens with one attached hydrogen (secondary N) is 1. The SMILES string of the molecule is CCCN(CCC)C(=O)c1cc(C)nc(NCc2ccc(Cl)cc2)n1. The van der Waals surface area contributed by atoms with Gasteiger partial charge in [-0.15, -0.1) is 0 Å². The van der Waals surface area contributed by atoms with Crippen LogP contribution < -0.4 is 5.32 Å². The average Bonchev–Trinajstić information content (AvgIpc) is 2.60. The summed E-state index contributed by atoms with van der Waals surface area (Å²) >= 11 is 5.90. The molecule has 134 valence electrons. The smallest absolute Gasteiger partial charge is 0.272 e. The number of aromatic nitrogens is 2. The molecule has 0 aliphatic carbocycles. The second kappa shape index (κ2) is 9.37. The van der Waals surface area contributed by atoms with Crippen LogP contribution in [0.3, 0.4) is 0 Å². The van der Waals surface area contributed by atoms with E-state index >= 15 is 0 Å². The third-order valence-corrected chi connectivity index (χ3v) is 3.96. The van der Waals surface area contributed by atoms with E-state index in [1.54, 1.807) is 6.07 Å². The number of carbonyl (C=O) groups excluding carboxylic acids is 1. The zero-order valence-electron chi connectivity index (χ0n) is 15.1. The fourth-order valence-electron chi connectivity index (χ4n) is 2.56. The lowest BCUT2D eigenvalue weighted by atomic mass is 10.2. The molecule has 25 heavy (non-hydrogen) atoms. The topological polar surface area (TPSA) is 58.1 Å². The van der Waals surface area contributed by atoms with Crippen molar-refractivity contribution in [3.63, 3.8) is 0 Å². The summed E-state index contributed by atoms with van der Waals surface area (Å²) in [6, 6.07) is 9.33. The molecule has 1 amide bonds. The van der Waals surface area contributed by atoms with Gasteiger partial charge in [-0.25, -0.2) is 9.97 Å². The summed E-state index contributed by atoms with van der Waals surface area (Å²) in [5, 5.41) is 3.89. The van der Waals surface area contributed by atoms with Gasteiger partial charge in [0.25, 0.3) is 5.91 Å². The Morgan fingerprint density at radius 3 is 2.36 bits per heavy atom. The molecule has 0 saturated carbocycles. The van der Waals surface area contributed by atoms with Crippen molar-refractivity contribution in [1.29, 1.82) is 0 Å². The molecule has 0 aliphatic rings. The van der Waals surface area contributed by atoms with Crippen LogP contribution in [0.15, 0.2) is 30.3 Å². The molecule has 0 saturated heterocycles. The third kappa shape index (κ3) is 5.71. The molecule has 5 nitrogen and oxygen atoms in total. The molecule has 0 aliphatic heterocycles. The quantitative estimate of drug-likeness (QED) is 0.761. The standard InChI is InChI=1S/C19H25ClN4O/c1-4-10-24(11-5-2)18(25)17-12-14(3)22-19(23-17)21-13-15-6-8-16(20)9-7-15/h6-9,12H,4-5,10-11,13H2,1-3H3,(H,21,22,23). The van der Waals surface area contributed by atoms with Gasteiger partial charge in [-0.05, 0) is 43.5 Å². The number of anilines is 1. The molecule has 1 N–H and O–H groups in total. The molecule has 0 bridgehead atoms. The van der Waals surface area contributed by atoms with Crippen molar-refractivity contribution in [3.8, 4) is 0 Å². The summed E-state index contributed by atoms with van der Waals surface area (Å²) in [7, 11) is 0. The van der Waals surface area contributed by atoms with E-state index < -0.39 is 0 Å². The number of carbonyl (C=O) groups is 1. The van der Waals surface area contributed by atoms with Gasteiger partial charge in [-0.2, -0.15) is 0 Å². The predicted molar refractivity (Wildman–Crippen MR) is 102 cm³/mol. The Hall–Kier alpha value is -2.14. The van der Waals surface area contributed by atoms with Crippen LogP contribution in [-0.2, 0) is 6.54 Å². The lowest BCUT2D eigenvalue weighted by Gasteiger charge is -2.21. The largest absolute Gasteiger partial charge is 0.350 e. The Bertz CT molecular complexity index is 697. The molecule has 2 rings (SSSR count). The van der Waals surface area contributed by atoms with E-state index in [1.807, 2.05) is 36.1 Å². The van der Waals surface area contributed by atoms with Crippen LogP contribution in [0.2, 0.25) is 5.02 Å². The van der Waals surface area contributed by atoms with Crippen molar-refractivity contribution < 1.29 is 4.79 Å². The van der Waals surface area contributed by atoms with Crippen LogP contribution in [0.25, 0.3) is 0 Å². The van der Waals surface area contributed by atoms with E-state index in [-0.39, 0.29) is 5.91 Å². The molecule has 0 unspecified atom stereocenters. The van der Waals surface area contributed by atoms with E-state index in [0.29, 0.717) is 23.2 Å². The summed E-state index contributed by atoms with van der Waals surface area (Å²) < 4.78 is 0. The summed E-state index contributed by atoms with van der Waals surface area (Å²) in [5.74, 6) is 0.426. The summed E-state index contributed by atoms with van der Waals surface area (Å²) in [4.78, 5) is 23.4. The number of hydrogen-bond acceptors (Lipinski definition) is 4. The lowest BCUT2D eigenvalue weighted by molar-refractivity contribution is 0.0749. The highest BCUT2D eigenvalue weighted by molar-refractivity contribution is 6.30. The maximum Gasteiger partial charge on any atom is 0.272 e. The maximum atomic E-state index is 12.7. The highest BCUT2D eigenvalue weighted by Gasteiger charge is 2.17. The summed E-state index contributed by atoms with van der Waals surface area (Å²) in [5.41, 5.74) is 2.28. The van der Waals surface area contributed by atoms with Crippen molar-refractivity contribution in [1.82, 2.24) is 14.9 Å². The van der Waals surface area contributed by atoms with E-state index in [1.165, 1.54) is 0 Å². The van der Waals surface area contributed by atoms with Crippen molar-refractivity contribution in [2.75, 3.05) is 18.4 Å². The third-order valence-electron chi connectivity index (χ3n) is 3.71. The number of benzene rings is 1. The minimum absolute atomic E-state index is 0.0382. The maximum absolute atomic E-state index is 12.7. The first-order valence-corrected chi connectivity index (χ1v) is 9.04. The number of amides is 1. The van der Waals surface area contributed by atoms with Gasteiger partial charge in [0.1, 0.15) is 5.69 Å². The van der Waals surface area contributed by atoms with Crippen molar-refractivity contribution in [2.45, 2.75) is 40.2 Å². The second-order valence-electron chi connectivity index (χ2n) is 5.99. The predicted octanol–water partition coefficient (Wildman–Crippen LogP) is 4.31. The number of nitrogens with zero attached hydrogens (tertiary/aromatic N) is 3. The van der Waals surface area contributed by atoms with Crippen LogP contribution in [-0.4, -0.2) is 33.9 Å². The number of halogens is 1. The first kappa shape index (κ1) is 19.2. The molecule has 1 aromatic carbocycles. The normalized spacial score (nSPS) is 10.6. The Morgan fingerprint density at radius 1 is 1.12 bits per heavy atom. The van der Waals surface area contributed by atoms with E-state index in [9.17, 15) is 4.79 Å². The molecule has 0 fully saturated rings. The summed E-state index contributed by atoms with van der Waals surface area (Å²) in [6.45, 7) is 8.06. The zero-order chi connectivity index (χ0) is 18.2. The van der Waals surface area contributed by atoms with Crippen molar-refractivity contribution in [3.05, 3.63) is 52.3 Å². The fraction of sp³-hybridized carbons (Fsp3) is 0.421. The molecule has 1 heterocycles. The molecule has 0 radical (unpaired) electrons. The van der Waals surface area contributed by atoms with Gasteiger partial charge in [-0.1, -0.05) is 37.6 Å². The van der Waals surface area contributed by atoms with Crippen LogP contribution >= 0.6 is 11.6 Å². The molecular formula is C19H25ClN4O. The van der Waals surface area contributed by atoms with Gasteiger partial charge in [0, 0.05) is 30.4 Å². The lowest BCUT2D eigenvalue weighted by Crippen LogP contribution is -2.33. The first-order chi connectivity index (χ1) is 12.0. The Labute approximate surface area is 154 Å². The number of hydrogen-bond donors (Lipinski definition) is 1. The zero-order valence-corrected chi connectivity index (χ0v) is 15.8. The Morgan fingerprint density at radius 2 is 1.76 bits per heavy atom. The van der Waals surface area contributed by atoms with Crippen LogP contribution in [0.5, 0.6) is 0 Å². The molecule has 2 aromatic rings. The average molecular weight is 361 g/mol. The van der Waals surface area contributed by atoms with E-state index in [0.717, 1.165) is 37.2 Å². The van der Waals surface area contributed by atoms with Gasteiger partial charge in [0.15, 0.2) is 0 Å². The highest BCUT2D eigenvalue weighted by atomic mass is 35.5. The molecule has 6 heteroatoms. The Balaban J connectivity index is 2.12. The van der Waals surface area contributed by atoms with Crippen molar-refractivity contribution >= 4 is 23.5 Å². The van der Waals surface area contributed by atoms with Crippen LogP contribution in [0.1, 0.15) is 48.4 Å².